The first-order chi connectivity index (χ1) is 12.2. The van der Waals surface area contributed by atoms with Crippen LogP contribution in [-0.4, -0.2) is 95.2 Å². The van der Waals surface area contributed by atoms with Gasteiger partial charge < -0.3 is 14.4 Å². The summed E-state index contributed by atoms with van der Waals surface area (Å²) in [4.78, 5) is 18.9. The van der Waals surface area contributed by atoms with Crippen LogP contribution in [0.2, 0.25) is 0 Å². The van der Waals surface area contributed by atoms with Crippen LogP contribution < -0.4 is 0 Å². The van der Waals surface area contributed by atoms with Gasteiger partial charge in [-0.3, -0.25) is 14.5 Å². The van der Waals surface area contributed by atoms with Gasteiger partial charge in [0.1, 0.15) is 6.10 Å². The number of carbonyl (C=O) groups excluding carboxylic acids is 1. The second kappa shape index (κ2) is 7.31. The number of aryl methyl sites for hydroxylation is 1. The predicted octanol–water partition coefficient (Wildman–Crippen LogP) is 0.147. The number of carbonyl (C=O) groups is 1. The van der Waals surface area contributed by atoms with Crippen LogP contribution in [0.5, 0.6) is 0 Å². The number of hydrogen-bond acceptors (Lipinski definition) is 6. The maximum absolute atomic E-state index is 12.2. The molecule has 25 heavy (non-hydrogen) atoms. The van der Waals surface area contributed by atoms with Gasteiger partial charge in [-0.05, 0) is 6.42 Å². The Morgan fingerprint density at radius 1 is 1.20 bits per heavy atom. The van der Waals surface area contributed by atoms with Crippen molar-refractivity contribution in [2.45, 2.75) is 25.1 Å². The van der Waals surface area contributed by atoms with Crippen LogP contribution in [0.15, 0.2) is 12.4 Å². The Morgan fingerprint density at radius 3 is 2.80 bits per heavy atom. The largest absolute Gasteiger partial charge is 0.442 e. The van der Waals surface area contributed by atoms with Crippen LogP contribution in [0.25, 0.3) is 0 Å². The van der Waals surface area contributed by atoms with Crippen LogP contribution in [0.3, 0.4) is 0 Å². The molecule has 3 fully saturated rings. The van der Waals surface area contributed by atoms with Crippen LogP contribution in [-0.2, 0) is 23.1 Å². The van der Waals surface area contributed by atoms with Crippen molar-refractivity contribution in [3.05, 3.63) is 18.0 Å². The van der Waals surface area contributed by atoms with Crippen molar-refractivity contribution in [2.75, 3.05) is 52.5 Å². The summed E-state index contributed by atoms with van der Waals surface area (Å²) in [6.45, 7) is 7.97. The highest BCUT2D eigenvalue weighted by atomic mass is 16.6. The van der Waals surface area contributed by atoms with Gasteiger partial charge in [-0.25, -0.2) is 4.79 Å². The monoisotopic (exact) mass is 349 g/mol. The minimum absolute atomic E-state index is 0.00700. The fraction of sp³-hybridized carbons (Fsp3) is 0.765. The van der Waals surface area contributed by atoms with E-state index in [0.717, 1.165) is 65.4 Å². The van der Waals surface area contributed by atoms with E-state index in [1.165, 1.54) is 5.56 Å². The number of amides is 1. The second-order valence-electron chi connectivity index (χ2n) is 7.21. The zero-order chi connectivity index (χ0) is 17.2. The van der Waals surface area contributed by atoms with Gasteiger partial charge >= 0.3 is 6.09 Å². The molecule has 0 spiro atoms. The van der Waals surface area contributed by atoms with E-state index in [1.54, 1.807) is 0 Å². The number of hydrogen-bond donors (Lipinski definition) is 0. The van der Waals surface area contributed by atoms with Crippen molar-refractivity contribution >= 4 is 6.09 Å². The second-order valence-corrected chi connectivity index (χ2v) is 7.21. The van der Waals surface area contributed by atoms with Gasteiger partial charge in [0.15, 0.2) is 0 Å². The van der Waals surface area contributed by atoms with Crippen molar-refractivity contribution in [2.24, 2.45) is 7.05 Å². The van der Waals surface area contributed by atoms with Gasteiger partial charge in [0, 0.05) is 64.6 Å². The summed E-state index contributed by atoms with van der Waals surface area (Å²) in [6.07, 6.45) is 4.80. The van der Waals surface area contributed by atoms with E-state index in [1.807, 2.05) is 29.0 Å². The molecule has 0 aromatic carbocycles. The smallest absolute Gasteiger partial charge is 0.410 e. The summed E-state index contributed by atoms with van der Waals surface area (Å²) in [5.74, 6) is 0. The van der Waals surface area contributed by atoms with Crippen LogP contribution >= 0.6 is 0 Å². The van der Waals surface area contributed by atoms with Crippen molar-refractivity contribution in [3.8, 4) is 0 Å². The third-order valence-electron chi connectivity index (χ3n) is 5.34. The molecule has 3 aliphatic heterocycles. The lowest BCUT2D eigenvalue weighted by Crippen LogP contribution is -2.41. The van der Waals surface area contributed by atoms with Crippen molar-refractivity contribution in [1.29, 1.82) is 0 Å². The number of morpholine rings is 1. The Labute approximate surface area is 148 Å². The van der Waals surface area contributed by atoms with Crippen LogP contribution in [0.4, 0.5) is 4.79 Å². The summed E-state index contributed by atoms with van der Waals surface area (Å²) < 4.78 is 12.8. The van der Waals surface area contributed by atoms with Crippen molar-refractivity contribution in [1.82, 2.24) is 24.5 Å². The normalized spacial score (nSPS) is 27.7. The quantitative estimate of drug-likeness (QED) is 0.728. The minimum Gasteiger partial charge on any atom is -0.442 e. The van der Waals surface area contributed by atoms with Gasteiger partial charge in [-0.15, -0.1) is 0 Å². The molecule has 138 valence electrons. The highest BCUT2D eigenvalue weighted by molar-refractivity contribution is 5.71. The molecular formula is C17H27N5O3. The lowest BCUT2D eigenvalue weighted by molar-refractivity contribution is 0.0362. The first-order valence-corrected chi connectivity index (χ1v) is 9.16. The standard InChI is InChI=1S/C17H27N5O3/c1-19-10-14(9-18-19)11-21-12-15-16(13-21)25-17(23)22(15)4-2-3-20-5-7-24-8-6-20/h9-10,15-16H,2-8,11-13H2,1H3/t15-,16+/m0/s1. The first-order valence-electron chi connectivity index (χ1n) is 9.16. The summed E-state index contributed by atoms with van der Waals surface area (Å²) in [5.41, 5.74) is 1.20. The lowest BCUT2D eigenvalue weighted by Gasteiger charge is -2.28. The predicted molar refractivity (Wildman–Crippen MR) is 91.1 cm³/mol. The van der Waals surface area contributed by atoms with E-state index in [4.69, 9.17) is 9.47 Å². The maximum Gasteiger partial charge on any atom is 0.410 e. The molecule has 8 nitrogen and oxygen atoms in total. The number of ether oxygens (including phenoxy) is 2. The zero-order valence-electron chi connectivity index (χ0n) is 14.8. The van der Waals surface area contributed by atoms with Crippen molar-refractivity contribution < 1.29 is 14.3 Å². The van der Waals surface area contributed by atoms with E-state index in [9.17, 15) is 4.79 Å². The van der Waals surface area contributed by atoms with E-state index in [-0.39, 0.29) is 18.2 Å². The molecule has 0 unspecified atom stereocenters. The molecule has 3 saturated heterocycles. The molecular weight excluding hydrogens is 322 g/mol. The first kappa shape index (κ1) is 16.8. The number of aromatic nitrogens is 2. The van der Waals surface area contributed by atoms with E-state index in [0.29, 0.717) is 0 Å². The number of nitrogens with zero attached hydrogens (tertiary/aromatic N) is 5. The highest BCUT2D eigenvalue weighted by Crippen LogP contribution is 2.28. The third-order valence-corrected chi connectivity index (χ3v) is 5.34. The van der Waals surface area contributed by atoms with Crippen molar-refractivity contribution in [3.63, 3.8) is 0 Å². The Kier molecular flexibility index (Phi) is 4.91. The molecule has 3 aliphatic rings. The fourth-order valence-corrected chi connectivity index (χ4v) is 4.07. The molecule has 4 heterocycles. The summed E-state index contributed by atoms with van der Waals surface area (Å²) >= 11 is 0. The number of rotatable bonds is 6. The average Bonchev–Trinajstić information content (AvgIpc) is 3.25. The minimum atomic E-state index is -0.141. The van der Waals surface area contributed by atoms with E-state index in [2.05, 4.69) is 14.9 Å². The summed E-state index contributed by atoms with van der Waals surface area (Å²) in [5, 5.41) is 4.22. The summed E-state index contributed by atoms with van der Waals surface area (Å²) in [6, 6.07) is 0.189. The summed E-state index contributed by atoms with van der Waals surface area (Å²) in [7, 11) is 1.93. The van der Waals surface area contributed by atoms with Gasteiger partial charge in [0.25, 0.3) is 0 Å². The van der Waals surface area contributed by atoms with Gasteiger partial charge in [-0.1, -0.05) is 0 Å². The fourth-order valence-electron chi connectivity index (χ4n) is 4.07. The van der Waals surface area contributed by atoms with Gasteiger partial charge in [0.05, 0.1) is 25.5 Å². The average molecular weight is 349 g/mol. The third kappa shape index (κ3) is 3.80. The lowest BCUT2D eigenvalue weighted by atomic mass is 10.2. The molecule has 0 bridgehead atoms. The molecule has 0 aliphatic carbocycles. The highest BCUT2D eigenvalue weighted by Gasteiger charge is 2.47. The van der Waals surface area contributed by atoms with E-state index < -0.39 is 0 Å². The number of fused-ring (bicyclic) bond motifs is 1. The molecule has 0 radical (unpaired) electrons. The molecule has 2 atom stereocenters. The van der Waals surface area contributed by atoms with E-state index >= 15 is 0 Å². The van der Waals surface area contributed by atoms with Crippen LogP contribution in [0.1, 0.15) is 12.0 Å². The molecule has 4 rings (SSSR count). The molecule has 1 amide bonds. The Bertz CT molecular complexity index is 601. The molecule has 0 N–H and O–H groups in total. The number of likely N-dealkylation sites (tertiary alicyclic amines) is 1. The topological polar surface area (TPSA) is 63.1 Å². The molecule has 8 heteroatoms. The Hall–Kier alpha value is -1.64. The molecule has 0 saturated carbocycles. The maximum atomic E-state index is 12.2. The Morgan fingerprint density at radius 2 is 2.04 bits per heavy atom. The van der Waals surface area contributed by atoms with Gasteiger partial charge in [0.2, 0.25) is 0 Å². The SMILES string of the molecule is Cn1cc(CN2C[C@H]3OC(=O)N(CCCN4CCOCC4)[C@H]3C2)cn1. The Balaban J connectivity index is 1.27. The van der Waals surface area contributed by atoms with Gasteiger partial charge in [-0.2, -0.15) is 5.10 Å². The molecule has 1 aromatic rings. The van der Waals surface area contributed by atoms with Crippen LogP contribution in [0, 0.1) is 0 Å². The molecule has 1 aromatic heterocycles. The zero-order valence-corrected chi connectivity index (χ0v) is 14.8.